The minimum absolute atomic E-state index is 0.00147. The lowest BCUT2D eigenvalue weighted by molar-refractivity contribution is -0.433. The molecule has 23 fully saturated rings. The van der Waals surface area contributed by atoms with Crippen LogP contribution in [0.15, 0.2) is 0 Å². The number of fused-ring (bicyclic) bond motifs is 12. The molecule has 0 aromatic carbocycles. The highest BCUT2D eigenvalue weighted by atomic mass is 16.4. The number of hydrogen-bond donors (Lipinski definition) is 6. The molecule has 0 saturated heterocycles. The number of carboxylic acids is 6. The zero-order valence-corrected chi connectivity index (χ0v) is 61.6. The first kappa shape index (κ1) is 63.0. The molecule has 0 aliphatic heterocycles. The number of carboxylic acid groups (broad SMARTS) is 6. The zero-order chi connectivity index (χ0) is 68.9. The Morgan fingerprint density at radius 2 is 0.450 bits per heavy atom. The van der Waals surface area contributed by atoms with Crippen molar-refractivity contribution in [2.75, 3.05) is 0 Å². The maximum atomic E-state index is 15.7. The van der Waals surface area contributed by atoms with E-state index < -0.39 is 65.4 Å². The summed E-state index contributed by atoms with van der Waals surface area (Å²) in [5.41, 5.74) is 0. The molecule has 0 amide bonds. The molecular formula is C88H120O12. The molecule has 0 aromatic rings. The van der Waals surface area contributed by atoms with Crippen LogP contribution in [0.2, 0.25) is 0 Å². The highest BCUT2D eigenvalue weighted by molar-refractivity contribution is 5.74. The van der Waals surface area contributed by atoms with Gasteiger partial charge in [-0.05, 0) is 383 Å². The largest absolute Gasteiger partial charge is 0.481 e. The van der Waals surface area contributed by atoms with Gasteiger partial charge in [-0.15, -0.1) is 0 Å². The van der Waals surface area contributed by atoms with Crippen molar-refractivity contribution in [1.82, 2.24) is 0 Å². The molecule has 62 unspecified atom stereocenters. The number of aliphatic carboxylic acids is 6. The van der Waals surface area contributed by atoms with Crippen molar-refractivity contribution in [1.29, 1.82) is 0 Å². The fraction of sp³-hybridized carbons (Fsp3) is 0.932. The Hall–Kier alpha value is -3.18. The quantitative estimate of drug-likeness (QED) is 0.146. The third-order valence-corrected chi connectivity index (χ3v) is 45.0. The lowest BCUT2D eigenvalue weighted by Gasteiger charge is -2.90. The molecule has 0 bridgehead atoms. The second-order valence-corrected chi connectivity index (χ2v) is 44.1. The maximum absolute atomic E-state index is 15.7. The van der Waals surface area contributed by atoms with Crippen molar-refractivity contribution >= 4 is 35.8 Å². The Morgan fingerprint density at radius 1 is 0.190 bits per heavy atom. The smallest absolute Gasteiger partial charge is 0.307 e. The van der Waals surface area contributed by atoms with Crippen LogP contribution >= 0.6 is 0 Å². The SMILES string of the molecule is CC1CC(C(=O)O)C2C(C1C)C1C(C(=O)O)C(C)C3C4C(C)C(C)C5C6C(C)C(C(=O)O)CC7CC(C(=O)O)C8C9C%10CCC(C(=O)O)C(C)C%10C%10C(C)C(C)C%11C%12C(C)C(C)C%13C%14C(C)C(C(=O)O)CC%15CCC%16C(C%15%14)C%14C%13C%12C%12C%13C%11C%10C9C9C(C8C76)C5C4C(C4C3C1C(C%162)C%14C%124)C%139. The fourth-order valence-electron chi connectivity index (χ4n) is 44.7. The van der Waals surface area contributed by atoms with E-state index in [4.69, 9.17) is 0 Å². The molecule has 0 heterocycles. The molecule has 62 atom stereocenters. The summed E-state index contributed by atoms with van der Waals surface area (Å²) >= 11 is 0. The number of carbonyl (C=O) groups is 6. The van der Waals surface area contributed by atoms with Crippen LogP contribution in [0.3, 0.4) is 0 Å². The van der Waals surface area contributed by atoms with Gasteiger partial charge < -0.3 is 30.6 Å². The molecule has 0 aromatic heterocycles. The third-order valence-electron chi connectivity index (χ3n) is 45.0. The molecule has 23 rings (SSSR count). The number of hydrogen-bond acceptors (Lipinski definition) is 6. The van der Waals surface area contributed by atoms with Gasteiger partial charge in [0.25, 0.3) is 0 Å². The normalized spacial score (nSPS) is 70.6. The summed E-state index contributed by atoms with van der Waals surface area (Å²) in [4.78, 5) is 88.3. The summed E-state index contributed by atoms with van der Waals surface area (Å²) in [7, 11) is 0. The topological polar surface area (TPSA) is 224 Å². The maximum Gasteiger partial charge on any atom is 0.307 e. The first-order valence-electron chi connectivity index (χ1n) is 43.1. The third kappa shape index (κ3) is 6.48. The van der Waals surface area contributed by atoms with E-state index >= 15 is 9.59 Å². The molecule has 23 aliphatic rings. The Bertz CT molecular complexity index is 3640. The van der Waals surface area contributed by atoms with E-state index in [9.17, 15) is 49.8 Å². The average molecular weight is 1370 g/mol. The molecule has 23 saturated carbocycles. The lowest BCUT2D eigenvalue weighted by atomic mass is 9.14. The van der Waals surface area contributed by atoms with Gasteiger partial charge in [-0.25, -0.2) is 0 Å². The predicted molar refractivity (Wildman–Crippen MR) is 367 cm³/mol. The molecular weight excluding hydrogens is 1250 g/mol. The second-order valence-electron chi connectivity index (χ2n) is 44.1. The van der Waals surface area contributed by atoms with Gasteiger partial charge >= 0.3 is 35.8 Å². The van der Waals surface area contributed by atoms with Crippen molar-refractivity contribution in [3.05, 3.63) is 0 Å². The van der Waals surface area contributed by atoms with E-state index in [-0.39, 0.29) is 136 Å². The minimum Gasteiger partial charge on any atom is -0.481 e. The van der Waals surface area contributed by atoms with Gasteiger partial charge in [0.1, 0.15) is 0 Å². The van der Waals surface area contributed by atoms with Crippen LogP contribution in [-0.4, -0.2) is 66.5 Å². The highest BCUT2D eigenvalue weighted by Gasteiger charge is 2.90. The highest BCUT2D eigenvalue weighted by Crippen LogP contribution is 2.93. The van der Waals surface area contributed by atoms with Crippen molar-refractivity contribution in [3.8, 4) is 0 Å². The first-order chi connectivity index (χ1) is 47.8. The lowest BCUT2D eigenvalue weighted by Crippen LogP contribution is -2.87. The van der Waals surface area contributed by atoms with Gasteiger partial charge in [0.15, 0.2) is 0 Å². The second kappa shape index (κ2) is 19.8. The van der Waals surface area contributed by atoms with Crippen molar-refractivity contribution in [3.63, 3.8) is 0 Å². The first-order valence-corrected chi connectivity index (χ1v) is 43.1. The van der Waals surface area contributed by atoms with Gasteiger partial charge in [-0.2, -0.15) is 0 Å². The van der Waals surface area contributed by atoms with Crippen LogP contribution in [0.1, 0.15) is 134 Å². The standard InChI is InChI=1S/C88H120O12/c1-21-17-40(86(95)96)59-43(22(21)2)61-53(88(99)100)32(12)52-49-28(8)27(7)48-51-31(11)39(85(93)94)19-34-20-41(87(97)98)60-57-36-16-15-35(83(89)90)29(9)42(36)44-23(3)24(4)45-46-25(5)26(6)47-50-30(10)38(84(91)92)18-33-13-14-37-56(54(33)50)70-63(47)65(46)76-75-64(45)62(44)71(57)80-74(69(60)55(34)51)66(48)67(49)77(82(75)80)78-68(52)73(61)72(58(37)59)79(70)81(76)78/h21-82H,13-20H2,1-12H3,(H,89,90)(H,91,92)(H,93,94)(H,95,96)(H,97,98)(H,99,100). The molecule has 544 valence electrons. The van der Waals surface area contributed by atoms with Crippen LogP contribution in [-0.2, 0) is 28.8 Å². The summed E-state index contributed by atoms with van der Waals surface area (Å²) < 4.78 is 0. The molecule has 12 heteroatoms. The molecule has 6 N–H and O–H groups in total. The summed E-state index contributed by atoms with van der Waals surface area (Å²) in [6.45, 7) is 30.6. The average Bonchev–Trinajstić information content (AvgIpc) is 0.617. The Balaban J connectivity index is 0.847. The van der Waals surface area contributed by atoms with Gasteiger partial charge in [-0.3, -0.25) is 28.8 Å². The monoisotopic (exact) mass is 1370 g/mol. The molecule has 0 spiro atoms. The predicted octanol–water partition coefficient (Wildman–Crippen LogP) is 14.4. The van der Waals surface area contributed by atoms with Gasteiger partial charge in [0, 0.05) is 0 Å². The zero-order valence-electron chi connectivity index (χ0n) is 61.6. The van der Waals surface area contributed by atoms with E-state index in [1.807, 2.05) is 0 Å². The van der Waals surface area contributed by atoms with Crippen LogP contribution in [0.4, 0.5) is 0 Å². The van der Waals surface area contributed by atoms with Gasteiger partial charge in [0.2, 0.25) is 0 Å². The molecule has 23 aliphatic carbocycles. The van der Waals surface area contributed by atoms with E-state index in [1.54, 1.807) is 0 Å². The van der Waals surface area contributed by atoms with Crippen LogP contribution in [0.5, 0.6) is 0 Å². The van der Waals surface area contributed by atoms with E-state index in [0.717, 1.165) is 25.7 Å². The fourth-order valence-corrected chi connectivity index (χ4v) is 44.7. The summed E-state index contributed by atoms with van der Waals surface area (Å²) in [5, 5.41) is 72.5. The summed E-state index contributed by atoms with van der Waals surface area (Å²) in [6.07, 6.45) is 6.16. The van der Waals surface area contributed by atoms with Gasteiger partial charge in [-0.1, -0.05) is 83.1 Å². The minimum atomic E-state index is -0.703. The van der Waals surface area contributed by atoms with Crippen molar-refractivity contribution < 1.29 is 59.4 Å². The van der Waals surface area contributed by atoms with Crippen molar-refractivity contribution in [2.45, 2.75) is 134 Å². The van der Waals surface area contributed by atoms with E-state index in [0.29, 0.717) is 227 Å². The summed E-state index contributed by atoms with van der Waals surface area (Å²) in [6, 6.07) is 0. The van der Waals surface area contributed by atoms with Crippen molar-refractivity contribution in [2.24, 2.45) is 367 Å². The van der Waals surface area contributed by atoms with Gasteiger partial charge in [0.05, 0.1) is 35.5 Å². The van der Waals surface area contributed by atoms with Crippen LogP contribution in [0.25, 0.3) is 0 Å². The molecule has 0 radical (unpaired) electrons. The Kier molecular flexibility index (Phi) is 12.4. The van der Waals surface area contributed by atoms with Crippen LogP contribution < -0.4 is 0 Å². The van der Waals surface area contributed by atoms with Crippen LogP contribution in [0, 0.1) is 367 Å². The number of rotatable bonds is 6. The summed E-state index contributed by atoms with van der Waals surface area (Å²) in [5.74, 6) is 9.09. The van der Waals surface area contributed by atoms with E-state index in [2.05, 4.69) is 83.1 Å². The molecule has 12 nitrogen and oxygen atoms in total. The molecule has 100 heavy (non-hydrogen) atoms. The Morgan fingerprint density at radius 3 is 0.860 bits per heavy atom. The van der Waals surface area contributed by atoms with E-state index in [1.165, 1.54) is 0 Å². The Labute approximate surface area is 593 Å².